The lowest BCUT2D eigenvalue weighted by molar-refractivity contribution is -0.118. The van der Waals surface area contributed by atoms with Crippen LogP contribution in [-0.2, 0) is 10.2 Å². The Labute approximate surface area is 210 Å². The molecule has 0 bridgehead atoms. The molecule has 1 aliphatic heterocycles. The molecule has 37 heavy (non-hydrogen) atoms. The van der Waals surface area contributed by atoms with Crippen molar-refractivity contribution in [2.24, 2.45) is 0 Å². The number of ether oxygens (including phenoxy) is 2. The van der Waals surface area contributed by atoms with E-state index >= 15 is 0 Å². The van der Waals surface area contributed by atoms with Crippen molar-refractivity contribution >= 4 is 34.1 Å². The summed E-state index contributed by atoms with van der Waals surface area (Å²) in [5.41, 5.74) is 3.22. The highest BCUT2D eigenvalue weighted by Gasteiger charge is 2.65. The molecule has 2 atom stereocenters. The van der Waals surface area contributed by atoms with Crippen LogP contribution in [-0.4, -0.2) is 49.8 Å². The summed E-state index contributed by atoms with van der Waals surface area (Å²) in [5, 5.41) is 14.7. The Morgan fingerprint density at radius 3 is 2.86 bits per heavy atom. The van der Waals surface area contributed by atoms with Crippen molar-refractivity contribution in [3.63, 3.8) is 0 Å². The fraction of sp³-hybridized carbons (Fsp3) is 0.192. The monoisotopic (exact) mass is 494 g/mol. The highest BCUT2D eigenvalue weighted by Crippen LogP contribution is 2.65. The third kappa shape index (κ3) is 3.17. The first-order valence-electron chi connectivity index (χ1n) is 11.7. The minimum atomic E-state index is -0.560. The maximum atomic E-state index is 13.0. The van der Waals surface area contributed by atoms with E-state index in [-0.39, 0.29) is 11.8 Å². The maximum Gasteiger partial charge on any atom is 0.257 e. The standard InChI is InChI=1S/C26H22N8O3/c1-36-15-4-6-19-17(10-15)26(25(35)29-19)11-18(26)14-3-5-16-20(9-14)32-33-22(16)31-23-24(37-2)28-12-21(30-23)34-8-7-27-13-34/h3-10,12-13,18H,11H2,1-2H3,(H,29,35)(H2,30,31,32,33)/t18-,26-/m0/s1. The van der Waals surface area contributed by atoms with E-state index in [2.05, 4.69) is 47.9 Å². The van der Waals surface area contributed by atoms with Crippen molar-refractivity contribution in [1.29, 1.82) is 0 Å². The first-order chi connectivity index (χ1) is 18.1. The highest BCUT2D eigenvalue weighted by atomic mass is 16.5. The number of aromatic nitrogens is 6. The molecule has 3 N–H and O–H groups in total. The zero-order valence-electron chi connectivity index (χ0n) is 20.0. The molecule has 1 saturated carbocycles. The number of fused-ring (bicyclic) bond motifs is 3. The quantitative estimate of drug-likeness (QED) is 0.326. The van der Waals surface area contributed by atoms with Gasteiger partial charge in [-0.05, 0) is 47.9 Å². The number of hydrogen-bond acceptors (Lipinski definition) is 8. The highest BCUT2D eigenvalue weighted by molar-refractivity contribution is 6.10. The predicted molar refractivity (Wildman–Crippen MR) is 136 cm³/mol. The number of H-pyrrole nitrogens is 1. The molecule has 7 rings (SSSR count). The molecule has 0 unspecified atom stereocenters. The number of hydrogen-bond donors (Lipinski definition) is 3. The SMILES string of the molecule is COc1ccc2c(c1)[C@]1(C[C@H]1c1ccc3c(Nc4nc(-n5ccnc5)cnc4OC)n[nH]c3c1)C(=O)N2. The Balaban J connectivity index is 1.20. The topological polar surface area (TPSA) is 132 Å². The predicted octanol–water partition coefficient (Wildman–Crippen LogP) is 3.68. The molecule has 5 aromatic rings. The van der Waals surface area contributed by atoms with Gasteiger partial charge in [0.05, 0.1) is 31.3 Å². The number of nitrogens with zero attached hydrogens (tertiary/aromatic N) is 5. The van der Waals surface area contributed by atoms with E-state index < -0.39 is 5.41 Å². The van der Waals surface area contributed by atoms with Crippen molar-refractivity contribution < 1.29 is 14.3 Å². The molecule has 0 radical (unpaired) electrons. The van der Waals surface area contributed by atoms with Crippen LogP contribution >= 0.6 is 0 Å². The molecule has 1 aliphatic carbocycles. The van der Waals surface area contributed by atoms with Gasteiger partial charge >= 0.3 is 0 Å². The van der Waals surface area contributed by atoms with Gasteiger partial charge in [-0.3, -0.25) is 14.5 Å². The van der Waals surface area contributed by atoms with Crippen molar-refractivity contribution in [3.05, 3.63) is 72.4 Å². The number of nitrogens with one attached hydrogen (secondary N) is 3. The minimum Gasteiger partial charge on any atom is -0.497 e. The van der Waals surface area contributed by atoms with Crippen LogP contribution in [0.3, 0.4) is 0 Å². The Morgan fingerprint density at radius 2 is 2.05 bits per heavy atom. The lowest BCUT2D eigenvalue weighted by Gasteiger charge is -2.11. The van der Waals surface area contributed by atoms with E-state index in [1.165, 1.54) is 0 Å². The van der Waals surface area contributed by atoms with Gasteiger partial charge in [0.15, 0.2) is 17.5 Å². The minimum absolute atomic E-state index is 0.0382. The lowest BCUT2D eigenvalue weighted by atomic mass is 9.91. The summed E-state index contributed by atoms with van der Waals surface area (Å²) < 4.78 is 12.6. The number of carbonyl (C=O) groups excluding carboxylic acids is 1. The molecule has 1 spiro atoms. The number of benzene rings is 2. The van der Waals surface area contributed by atoms with Crippen LogP contribution in [0.4, 0.5) is 17.3 Å². The van der Waals surface area contributed by atoms with E-state index in [0.29, 0.717) is 23.3 Å². The summed E-state index contributed by atoms with van der Waals surface area (Å²) in [4.78, 5) is 26.1. The van der Waals surface area contributed by atoms with Crippen LogP contribution in [0.2, 0.25) is 0 Å². The first kappa shape index (κ1) is 21.4. The molecule has 3 aromatic heterocycles. The van der Waals surface area contributed by atoms with Gasteiger partial charge in [0.1, 0.15) is 12.1 Å². The Kier molecular flexibility index (Phi) is 4.49. The van der Waals surface area contributed by atoms with Gasteiger partial charge in [-0.25, -0.2) is 15.0 Å². The van der Waals surface area contributed by atoms with Crippen molar-refractivity contribution in [1.82, 2.24) is 29.7 Å². The summed E-state index contributed by atoms with van der Waals surface area (Å²) in [5.74, 6) is 2.82. The number of amides is 1. The second-order valence-electron chi connectivity index (χ2n) is 9.15. The van der Waals surface area contributed by atoms with Crippen LogP contribution in [0.5, 0.6) is 11.6 Å². The fourth-order valence-electron chi connectivity index (χ4n) is 5.28. The molecule has 4 heterocycles. The van der Waals surface area contributed by atoms with Crippen LogP contribution in [0.1, 0.15) is 23.5 Å². The van der Waals surface area contributed by atoms with Gasteiger partial charge in [0.2, 0.25) is 5.91 Å². The van der Waals surface area contributed by atoms with Gasteiger partial charge in [0.25, 0.3) is 5.88 Å². The first-order valence-corrected chi connectivity index (χ1v) is 11.7. The average Bonchev–Trinajstić information content (AvgIpc) is 3.20. The lowest BCUT2D eigenvalue weighted by Crippen LogP contribution is -2.21. The molecule has 184 valence electrons. The summed E-state index contributed by atoms with van der Waals surface area (Å²) in [6, 6.07) is 11.9. The summed E-state index contributed by atoms with van der Waals surface area (Å²) in [6.45, 7) is 0. The normalized spacial score (nSPS) is 19.6. The summed E-state index contributed by atoms with van der Waals surface area (Å²) >= 11 is 0. The van der Waals surface area contributed by atoms with E-state index in [1.807, 2.05) is 24.3 Å². The maximum absolute atomic E-state index is 13.0. The Hall–Kier alpha value is -4.93. The zero-order chi connectivity index (χ0) is 25.1. The molecule has 2 aromatic carbocycles. The van der Waals surface area contributed by atoms with E-state index in [4.69, 9.17) is 9.47 Å². The van der Waals surface area contributed by atoms with E-state index in [9.17, 15) is 4.79 Å². The molecule has 11 nitrogen and oxygen atoms in total. The van der Waals surface area contributed by atoms with E-state index in [0.717, 1.165) is 39.9 Å². The summed E-state index contributed by atoms with van der Waals surface area (Å²) in [7, 11) is 3.18. The molecule has 11 heteroatoms. The Bertz CT molecular complexity index is 1680. The van der Waals surface area contributed by atoms with Gasteiger partial charge in [-0.1, -0.05) is 6.07 Å². The van der Waals surface area contributed by atoms with Gasteiger partial charge < -0.3 is 20.1 Å². The third-order valence-electron chi connectivity index (χ3n) is 7.24. The molecular weight excluding hydrogens is 472 g/mol. The third-order valence-corrected chi connectivity index (χ3v) is 7.24. The van der Waals surface area contributed by atoms with Crippen molar-refractivity contribution in [3.8, 4) is 17.4 Å². The number of anilines is 3. The van der Waals surface area contributed by atoms with Crippen molar-refractivity contribution in [2.45, 2.75) is 17.8 Å². The molecule has 0 saturated heterocycles. The van der Waals surface area contributed by atoms with Crippen LogP contribution in [0.15, 0.2) is 61.3 Å². The number of imidazole rings is 1. The Morgan fingerprint density at radius 1 is 1.14 bits per heavy atom. The fourth-order valence-corrected chi connectivity index (χ4v) is 5.28. The number of aromatic amines is 1. The van der Waals surface area contributed by atoms with Crippen molar-refractivity contribution in [2.75, 3.05) is 24.9 Å². The second-order valence-corrected chi connectivity index (χ2v) is 9.15. The second kappa shape index (κ2) is 7.79. The van der Waals surface area contributed by atoms with Crippen LogP contribution in [0, 0.1) is 0 Å². The molecule has 1 amide bonds. The zero-order valence-corrected chi connectivity index (χ0v) is 20.0. The van der Waals surface area contributed by atoms with Crippen LogP contribution < -0.4 is 20.1 Å². The number of rotatable bonds is 6. The largest absolute Gasteiger partial charge is 0.497 e. The van der Waals surface area contributed by atoms with Crippen LogP contribution in [0.25, 0.3) is 16.7 Å². The van der Waals surface area contributed by atoms with Gasteiger partial charge in [-0.2, -0.15) is 5.10 Å². The van der Waals surface area contributed by atoms with Gasteiger partial charge in [0, 0.05) is 29.4 Å². The molecule has 1 fully saturated rings. The summed E-state index contributed by atoms with van der Waals surface area (Å²) in [6.07, 6.45) is 7.47. The number of methoxy groups -OCH3 is 2. The van der Waals surface area contributed by atoms with E-state index in [1.54, 1.807) is 43.7 Å². The molecular formula is C26H22N8O3. The molecule has 2 aliphatic rings. The average molecular weight is 495 g/mol. The number of carbonyl (C=O) groups is 1. The smallest absolute Gasteiger partial charge is 0.257 e. The van der Waals surface area contributed by atoms with Gasteiger partial charge in [-0.15, -0.1) is 0 Å².